The first-order valence-corrected chi connectivity index (χ1v) is 9.61. The molecule has 0 bridgehead atoms. The molecule has 8 nitrogen and oxygen atoms in total. The summed E-state index contributed by atoms with van der Waals surface area (Å²) in [6.45, 7) is 2.56. The van der Waals surface area contributed by atoms with E-state index in [-0.39, 0.29) is 12.3 Å². The second-order valence-electron chi connectivity index (χ2n) is 6.70. The zero-order chi connectivity index (χ0) is 21.8. The van der Waals surface area contributed by atoms with Crippen molar-refractivity contribution in [1.82, 2.24) is 9.97 Å². The van der Waals surface area contributed by atoms with Gasteiger partial charge in [0.1, 0.15) is 12.4 Å². The number of nitrogens with zero attached hydrogens (tertiary/aromatic N) is 3. The predicted octanol–water partition coefficient (Wildman–Crippen LogP) is 4.99. The van der Waals surface area contributed by atoms with Crippen LogP contribution in [0.2, 0.25) is 0 Å². The number of nitro groups is 1. The van der Waals surface area contributed by atoms with Gasteiger partial charge in [-0.15, -0.1) is 0 Å². The summed E-state index contributed by atoms with van der Waals surface area (Å²) in [5.74, 6) is 1.66. The van der Waals surface area contributed by atoms with Crippen LogP contribution in [0.15, 0.2) is 60.7 Å². The molecule has 31 heavy (non-hydrogen) atoms. The quantitative estimate of drug-likeness (QED) is 0.337. The largest absolute Gasteiger partial charge is 0.490 e. The molecule has 0 saturated heterocycles. The molecule has 1 heterocycles. The maximum atomic E-state index is 11.0. The Kier molecular flexibility index (Phi) is 5.49. The zero-order valence-corrected chi connectivity index (χ0v) is 16.7. The summed E-state index contributed by atoms with van der Waals surface area (Å²) in [6, 6.07) is 19.3. The Bertz CT molecular complexity index is 1310. The van der Waals surface area contributed by atoms with Crippen LogP contribution in [0.1, 0.15) is 18.1 Å². The number of ether oxygens (including phenoxy) is 2. The summed E-state index contributed by atoms with van der Waals surface area (Å²) < 4.78 is 11.7. The third-order valence-electron chi connectivity index (χ3n) is 4.71. The van der Waals surface area contributed by atoms with Gasteiger partial charge in [-0.05, 0) is 37.3 Å². The summed E-state index contributed by atoms with van der Waals surface area (Å²) in [5, 5.41) is 20.2. The van der Waals surface area contributed by atoms with Gasteiger partial charge in [-0.3, -0.25) is 10.1 Å². The molecule has 154 valence electrons. The molecule has 0 aliphatic rings. The molecular weight excluding hydrogens is 396 g/mol. The molecule has 0 unspecified atom stereocenters. The van der Waals surface area contributed by atoms with Crippen molar-refractivity contribution in [2.45, 2.75) is 13.5 Å². The highest BCUT2D eigenvalue weighted by atomic mass is 16.6. The SMILES string of the molecule is CCOc1cc(-c2nc3ccc([N+](=O)[O-])cc3[nH]2)ccc1OCc1ccccc1C#N. The number of rotatable bonds is 7. The molecule has 1 N–H and O–H groups in total. The van der Waals surface area contributed by atoms with Crippen LogP contribution < -0.4 is 9.47 Å². The van der Waals surface area contributed by atoms with Crippen molar-refractivity contribution < 1.29 is 14.4 Å². The number of aromatic amines is 1. The first-order chi connectivity index (χ1) is 15.1. The van der Waals surface area contributed by atoms with Gasteiger partial charge in [-0.1, -0.05) is 18.2 Å². The van der Waals surface area contributed by atoms with Crippen LogP contribution >= 0.6 is 0 Å². The molecular formula is C23H18N4O4. The minimum atomic E-state index is -0.441. The molecule has 4 aromatic rings. The lowest BCUT2D eigenvalue weighted by Crippen LogP contribution is -2.01. The molecule has 0 aliphatic heterocycles. The van der Waals surface area contributed by atoms with Crippen LogP contribution in [0.3, 0.4) is 0 Å². The van der Waals surface area contributed by atoms with Gasteiger partial charge >= 0.3 is 0 Å². The highest BCUT2D eigenvalue weighted by Crippen LogP contribution is 2.33. The van der Waals surface area contributed by atoms with E-state index in [1.807, 2.05) is 31.2 Å². The van der Waals surface area contributed by atoms with Crippen LogP contribution in [0, 0.1) is 21.4 Å². The number of fused-ring (bicyclic) bond motifs is 1. The van der Waals surface area contributed by atoms with Crippen LogP contribution in [0.25, 0.3) is 22.4 Å². The zero-order valence-electron chi connectivity index (χ0n) is 16.7. The van der Waals surface area contributed by atoms with Gasteiger partial charge in [-0.25, -0.2) is 4.98 Å². The second-order valence-corrected chi connectivity index (χ2v) is 6.70. The predicted molar refractivity (Wildman–Crippen MR) is 115 cm³/mol. The maximum absolute atomic E-state index is 11.0. The molecule has 0 aliphatic carbocycles. The molecule has 0 amide bonds. The maximum Gasteiger partial charge on any atom is 0.271 e. The van der Waals surface area contributed by atoms with Gasteiger partial charge in [0.15, 0.2) is 11.5 Å². The number of hydrogen-bond donors (Lipinski definition) is 1. The summed E-state index contributed by atoms with van der Waals surface area (Å²) in [4.78, 5) is 18.2. The number of aromatic nitrogens is 2. The Morgan fingerprint density at radius 1 is 1.10 bits per heavy atom. The normalized spacial score (nSPS) is 10.6. The highest BCUT2D eigenvalue weighted by Gasteiger charge is 2.14. The summed E-state index contributed by atoms with van der Waals surface area (Å²) in [6.07, 6.45) is 0. The summed E-state index contributed by atoms with van der Waals surface area (Å²) >= 11 is 0. The summed E-state index contributed by atoms with van der Waals surface area (Å²) in [7, 11) is 0. The number of hydrogen-bond acceptors (Lipinski definition) is 6. The molecule has 0 saturated carbocycles. The molecule has 0 radical (unpaired) electrons. The van der Waals surface area contributed by atoms with Crippen molar-refractivity contribution in [2.75, 3.05) is 6.61 Å². The van der Waals surface area contributed by atoms with Gasteiger partial charge in [0, 0.05) is 23.3 Å². The second kappa shape index (κ2) is 8.55. The van der Waals surface area contributed by atoms with Gasteiger partial charge < -0.3 is 14.5 Å². The minimum Gasteiger partial charge on any atom is -0.490 e. The summed E-state index contributed by atoms with van der Waals surface area (Å²) in [5.41, 5.74) is 3.32. The van der Waals surface area contributed by atoms with E-state index in [0.717, 1.165) is 11.1 Å². The van der Waals surface area contributed by atoms with E-state index in [9.17, 15) is 15.4 Å². The number of benzene rings is 3. The molecule has 3 aromatic carbocycles. The molecule has 0 fully saturated rings. The lowest BCUT2D eigenvalue weighted by Gasteiger charge is -2.13. The molecule has 1 aromatic heterocycles. The van der Waals surface area contributed by atoms with E-state index in [1.54, 1.807) is 24.3 Å². The average molecular weight is 414 g/mol. The molecule has 4 rings (SSSR count). The number of nitro benzene ring substituents is 1. The van der Waals surface area contributed by atoms with Gasteiger partial charge in [0.05, 0.1) is 34.2 Å². The molecule has 0 atom stereocenters. The highest BCUT2D eigenvalue weighted by molar-refractivity contribution is 5.81. The Morgan fingerprint density at radius 3 is 2.71 bits per heavy atom. The molecule has 0 spiro atoms. The lowest BCUT2D eigenvalue weighted by molar-refractivity contribution is -0.384. The third-order valence-corrected chi connectivity index (χ3v) is 4.71. The fraction of sp³-hybridized carbons (Fsp3) is 0.130. The topological polar surface area (TPSA) is 114 Å². The number of nitriles is 1. The van der Waals surface area contributed by atoms with Crippen molar-refractivity contribution in [3.05, 3.63) is 81.9 Å². The van der Waals surface area contributed by atoms with Crippen molar-refractivity contribution in [3.63, 3.8) is 0 Å². The van der Waals surface area contributed by atoms with E-state index in [4.69, 9.17) is 9.47 Å². The van der Waals surface area contributed by atoms with Gasteiger partial charge in [-0.2, -0.15) is 5.26 Å². The first kappa shape index (κ1) is 19.9. The van der Waals surface area contributed by atoms with E-state index in [2.05, 4.69) is 16.0 Å². The first-order valence-electron chi connectivity index (χ1n) is 9.61. The van der Waals surface area contributed by atoms with E-state index in [1.165, 1.54) is 12.1 Å². The van der Waals surface area contributed by atoms with Gasteiger partial charge in [0.25, 0.3) is 5.69 Å². The fourth-order valence-corrected chi connectivity index (χ4v) is 3.20. The Balaban J connectivity index is 1.63. The van der Waals surface area contributed by atoms with Crippen molar-refractivity contribution in [3.8, 4) is 29.0 Å². The van der Waals surface area contributed by atoms with Crippen molar-refractivity contribution >= 4 is 16.7 Å². The van der Waals surface area contributed by atoms with E-state index < -0.39 is 4.92 Å². The minimum absolute atomic E-state index is 0.000830. The number of H-pyrrole nitrogens is 1. The van der Waals surface area contributed by atoms with Crippen LogP contribution in [0.4, 0.5) is 5.69 Å². The standard InChI is InChI=1S/C23H18N4O4/c1-2-30-22-11-15(23-25-19-9-8-18(27(28)29)12-20(19)26-23)7-10-21(22)31-14-17-6-4-3-5-16(17)13-24/h3-12H,2,14H2,1H3,(H,25,26). The Morgan fingerprint density at radius 2 is 1.94 bits per heavy atom. The van der Waals surface area contributed by atoms with E-state index >= 15 is 0 Å². The number of imidazole rings is 1. The monoisotopic (exact) mass is 414 g/mol. The van der Waals surface area contributed by atoms with E-state index in [0.29, 0.717) is 40.5 Å². The van der Waals surface area contributed by atoms with Gasteiger partial charge in [0.2, 0.25) is 0 Å². The lowest BCUT2D eigenvalue weighted by atomic mass is 10.1. The van der Waals surface area contributed by atoms with Crippen LogP contribution in [-0.2, 0) is 6.61 Å². The van der Waals surface area contributed by atoms with Crippen molar-refractivity contribution in [2.24, 2.45) is 0 Å². The van der Waals surface area contributed by atoms with Crippen molar-refractivity contribution in [1.29, 1.82) is 5.26 Å². The smallest absolute Gasteiger partial charge is 0.271 e. The molecule has 8 heteroatoms. The fourth-order valence-electron chi connectivity index (χ4n) is 3.20. The van der Waals surface area contributed by atoms with Crippen LogP contribution in [-0.4, -0.2) is 21.5 Å². The number of nitrogens with one attached hydrogen (secondary N) is 1. The third kappa shape index (κ3) is 4.16. The number of non-ortho nitro benzene ring substituents is 1. The Hall–Kier alpha value is -4.38. The Labute approximate surface area is 177 Å². The van der Waals surface area contributed by atoms with Crippen LogP contribution in [0.5, 0.6) is 11.5 Å². The average Bonchev–Trinajstić information content (AvgIpc) is 3.22.